The van der Waals surface area contributed by atoms with Gasteiger partial charge in [-0.05, 0) is 12.1 Å². The van der Waals surface area contributed by atoms with E-state index in [2.05, 4.69) is 10.3 Å². The third-order valence-corrected chi connectivity index (χ3v) is 2.56. The molecule has 0 bridgehead atoms. The molecule has 0 spiro atoms. The van der Waals surface area contributed by atoms with Gasteiger partial charge in [-0.1, -0.05) is 11.6 Å². The molecular weight excluding hydrogens is 222 g/mol. The van der Waals surface area contributed by atoms with Crippen molar-refractivity contribution in [3.63, 3.8) is 0 Å². The van der Waals surface area contributed by atoms with Gasteiger partial charge in [-0.2, -0.15) is 0 Å². The summed E-state index contributed by atoms with van der Waals surface area (Å²) in [4.78, 5) is 4.00. The summed E-state index contributed by atoms with van der Waals surface area (Å²) in [6.45, 7) is 0.570. The first-order valence-electron chi connectivity index (χ1n) is 4.05. The van der Waals surface area contributed by atoms with Crippen LogP contribution < -0.4 is 11.1 Å². The van der Waals surface area contributed by atoms with E-state index in [0.29, 0.717) is 29.0 Å². The van der Waals surface area contributed by atoms with Crippen LogP contribution in [0.2, 0.25) is 5.15 Å². The van der Waals surface area contributed by atoms with Crippen LogP contribution in [-0.4, -0.2) is 27.7 Å². The Morgan fingerprint density at radius 1 is 1.64 bits per heavy atom. The molecule has 0 saturated carbocycles. The summed E-state index contributed by atoms with van der Waals surface area (Å²) in [5.74, 6) is 1.11. The largest absolute Gasteiger partial charge is 0.396 e. The number of hydrogen-bond donors (Lipinski definition) is 2. The minimum atomic E-state index is -0.815. The van der Waals surface area contributed by atoms with Crippen LogP contribution in [0.15, 0.2) is 12.1 Å². The van der Waals surface area contributed by atoms with E-state index in [4.69, 9.17) is 17.3 Å². The minimum Gasteiger partial charge on any atom is -0.396 e. The quantitative estimate of drug-likeness (QED) is 0.765. The molecule has 0 saturated heterocycles. The van der Waals surface area contributed by atoms with Gasteiger partial charge in [0, 0.05) is 29.4 Å². The molecule has 1 atom stereocenters. The van der Waals surface area contributed by atoms with E-state index in [-0.39, 0.29) is 0 Å². The van der Waals surface area contributed by atoms with Gasteiger partial charge in [-0.3, -0.25) is 4.21 Å². The fourth-order valence-corrected chi connectivity index (χ4v) is 1.44. The lowest BCUT2D eigenvalue weighted by Gasteiger charge is -2.07. The lowest BCUT2D eigenvalue weighted by atomic mass is 10.4. The standard InChI is InChI=1S/C8H12ClN3OS/c1-14(13)5-4-11-8-6(10)2-3-7(9)12-8/h2-3H,4-5,10H2,1H3,(H,11,12). The fraction of sp³-hybridized carbons (Fsp3) is 0.375. The maximum atomic E-state index is 10.8. The average Bonchev–Trinajstić information content (AvgIpc) is 2.10. The van der Waals surface area contributed by atoms with Gasteiger partial charge in [0.15, 0.2) is 5.82 Å². The third-order valence-electron chi connectivity index (χ3n) is 1.57. The zero-order chi connectivity index (χ0) is 10.6. The van der Waals surface area contributed by atoms with E-state index in [0.717, 1.165) is 0 Å². The maximum Gasteiger partial charge on any atom is 0.151 e. The van der Waals surface area contributed by atoms with Crippen molar-refractivity contribution < 1.29 is 4.21 Å². The van der Waals surface area contributed by atoms with Gasteiger partial charge < -0.3 is 11.1 Å². The maximum absolute atomic E-state index is 10.8. The molecule has 0 aromatic carbocycles. The number of rotatable bonds is 4. The van der Waals surface area contributed by atoms with Crippen molar-refractivity contribution >= 4 is 33.9 Å². The van der Waals surface area contributed by atoms with E-state index in [9.17, 15) is 4.21 Å². The van der Waals surface area contributed by atoms with Gasteiger partial charge in [0.2, 0.25) is 0 Å². The monoisotopic (exact) mass is 233 g/mol. The highest BCUT2D eigenvalue weighted by Gasteiger charge is 2.01. The molecule has 3 N–H and O–H groups in total. The second-order valence-electron chi connectivity index (χ2n) is 2.78. The highest BCUT2D eigenvalue weighted by atomic mass is 35.5. The normalized spacial score (nSPS) is 12.4. The van der Waals surface area contributed by atoms with E-state index in [1.165, 1.54) is 0 Å². The zero-order valence-electron chi connectivity index (χ0n) is 7.79. The highest BCUT2D eigenvalue weighted by Crippen LogP contribution is 2.17. The molecule has 1 aromatic heterocycles. The van der Waals surface area contributed by atoms with Gasteiger partial charge in [0.1, 0.15) is 5.15 Å². The van der Waals surface area contributed by atoms with Crippen LogP contribution in [0.1, 0.15) is 0 Å². The van der Waals surface area contributed by atoms with Crippen LogP contribution in [0.5, 0.6) is 0 Å². The fourth-order valence-electron chi connectivity index (χ4n) is 0.901. The molecule has 6 heteroatoms. The van der Waals surface area contributed by atoms with Crippen molar-refractivity contribution in [2.24, 2.45) is 0 Å². The Labute approximate surface area is 90.3 Å². The predicted molar refractivity (Wildman–Crippen MR) is 61.1 cm³/mol. The number of pyridine rings is 1. The summed E-state index contributed by atoms with van der Waals surface area (Å²) >= 11 is 5.69. The number of halogens is 1. The molecule has 1 unspecified atom stereocenters. The Hall–Kier alpha value is -0.810. The second-order valence-corrected chi connectivity index (χ2v) is 4.72. The van der Waals surface area contributed by atoms with Crippen LogP contribution in [-0.2, 0) is 10.8 Å². The molecule has 14 heavy (non-hydrogen) atoms. The summed E-state index contributed by atoms with van der Waals surface area (Å²) in [6, 6.07) is 3.31. The first-order chi connectivity index (χ1) is 6.59. The van der Waals surface area contributed by atoms with E-state index in [1.54, 1.807) is 18.4 Å². The molecule has 1 rings (SSSR count). The van der Waals surface area contributed by atoms with Crippen molar-refractivity contribution in [1.82, 2.24) is 4.98 Å². The Balaban J connectivity index is 2.57. The molecule has 0 aliphatic rings. The molecule has 78 valence electrons. The molecule has 0 amide bonds. The van der Waals surface area contributed by atoms with Gasteiger partial charge in [-0.15, -0.1) is 0 Å². The number of nitrogen functional groups attached to an aromatic ring is 1. The van der Waals surface area contributed by atoms with E-state index < -0.39 is 10.8 Å². The minimum absolute atomic E-state index is 0.388. The zero-order valence-corrected chi connectivity index (χ0v) is 9.36. The number of anilines is 2. The Kier molecular flexibility index (Phi) is 4.16. The summed E-state index contributed by atoms with van der Waals surface area (Å²) in [6.07, 6.45) is 1.65. The molecule has 1 aromatic rings. The van der Waals surface area contributed by atoms with Crippen LogP contribution in [0.3, 0.4) is 0 Å². The SMILES string of the molecule is CS(=O)CCNc1nc(Cl)ccc1N. The van der Waals surface area contributed by atoms with Crippen molar-refractivity contribution in [1.29, 1.82) is 0 Å². The van der Waals surface area contributed by atoms with Crippen LogP contribution in [0.4, 0.5) is 11.5 Å². The first kappa shape index (κ1) is 11.3. The molecule has 0 radical (unpaired) electrons. The van der Waals surface area contributed by atoms with Gasteiger partial charge >= 0.3 is 0 Å². The third kappa shape index (κ3) is 3.51. The van der Waals surface area contributed by atoms with Crippen molar-refractivity contribution in [3.05, 3.63) is 17.3 Å². The summed E-state index contributed by atoms with van der Waals surface area (Å²) in [7, 11) is -0.815. The van der Waals surface area contributed by atoms with Crippen LogP contribution in [0, 0.1) is 0 Å². The first-order valence-corrected chi connectivity index (χ1v) is 6.16. The lowest BCUT2D eigenvalue weighted by molar-refractivity contribution is 0.687. The molecule has 0 aliphatic carbocycles. The highest BCUT2D eigenvalue weighted by molar-refractivity contribution is 7.84. The van der Waals surface area contributed by atoms with Crippen LogP contribution >= 0.6 is 11.6 Å². The molecule has 4 nitrogen and oxygen atoms in total. The Morgan fingerprint density at radius 3 is 3.00 bits per heavy atom. The molecule has 0 fully saturated rings. The van der Waals surface area contributed by atoms with E-state index >= 15 is 0 Å². The Bertz CT molecular complexity index is 345. The Morgan fingerprint density at radius 2 is 2.36 bits per heavy atom. The van der Waals surface area contributed by atoms with E-state index in [1.807, 2.05) is 0 Å². The number of nitrogens with zero attached hydrogens (tertiary/aromatic N) is 1. The lowest BCUT2D eigenvalue weighted by Crippen LogP contribution is -2.12. The molecule has 0 aliphatic heterocycles. The number of hydrogen-bond acceptors (Lipinski definition) is 4. The molecule has 1 heterocycles. The number of nitrogens with one attached hydrogen (secondary N) is 1. The summed E-state index contributed by atoms with van der Waals surface area (Å²) < 4.78 is 10.8. The number of aromatic nitrogens is 1. The van der Waals surface area contributed by atoms with Gasteiger partial charge in [-0.25, -0.2) is 4.98 Å². The molecular formula is C8H12ClN3OS. The van der Waals surface area contributed by atoms with Gasteiger partial charge in [0.25, 0.3) is 0 Å². The van der Waals surface area contributed by atoms with Crippen LogP contribution in [0.25, 0.3) is 0 Å². The summed E-state index contributed by atoms with van der Waals surface area (Å²) in [5, 5.41) is 3.36. The average molecular weight is 234 g/mol. The van der Waals surface area contributed by atoms with Crippen molar-refractivity contribution in [2.75, 3.05) is 29.6 Å². The smallest absolute Gasteiger partial charge is 0.151 e. The van der Waals surface area contributed by atoms with Gasteiger partial charge in [0.05, 0.1) is 5.69 Å². The topological polar surface area (TPSA) is 68.0 Å². The van der Waals surface area contributed by atoms with Crippen molar-refractivity contribution in [3.8, 4) is 0 Å². The number of nitrogens with two attached hydrogens (primary N) is 1. The van der Waals surface area contributed by atoms with Crippen molar-refractivity contribution in [2.45, 2.75) is 0 Å². The second kappa shape index (κ2) is 5.17. The summed E-state index contributed by atoms with van der Waals surface area (Å²) in [5.41, 5.74) is 6.19. The predicted octanol–water partition coefficient (Wildman–Crippen LogP) is 1.11.